The first-order valence-electron chi connectivity index (χ1n) is 30.9. The van der Waals surface area contributed by atoms with Gasteiger partial charge in [0.2, 0.25) is 53.1 Å². The first kappa shape index (κ1) is 74.5. The Morgan fingerprint density at radius 1 is 0.622 bits per heavy atom. The minimum atomic E-state index is -1.75. The number of benzene rings is 4. The molecular weight excluding hydrogens is 1310 g/mol. The summed E-state index contributed by atoms with van der Waals surface area (Å²) in [6, 6.07) is 12.3. The van der Waals surface area contributed by atoms with E-state index in [1.165, 1.54) is 31.6 Å². The van der Waals surface area contributed by atoms with Crippen LogP contribution in [0.15, 0.2) is 155 Å². The fourth-order valence-corrected chi connectivity index (χ4v) is 12.4. The van der Waals surface area contributed by atoms with Crippen LogP contribution in [-0.4, -0.2) is 232 Å². The van der Waals surface area contributed by atoms with Crippen molar-refractivity contribution in [3.05, 3.63) is 132 Å². The van der Waals surface area contributed by atoms with Crippen LogP contribution in [0.5, 0.6) is 5.75 Å². The number of phenolic OH excluding ortho intramolecular Hbond substituents is 1. The Kier molecular flexibility index (Phi) is 28.0. The number of carboxylic acids is 1. The summed E-state index contributed by atoms with van der Waals surface area (Å²) < 4.78 is 0. The molecule has 32 nitrogen and oxygen atoms in total. The van der Waals surface area contributed by atoms with Gasteiger partial charge < -0.3 is 93.3 Å². The summed E-state index contributed by atoms with van der Waals surface area (Å²) in [5.74, 6) is -10.8. The van der Waals surface area contributed by atoms with Gasteiger partial charge in [0.05, 0.1) is 6.33 Å². The Morgan fingerprint density at radius 3 is 1.86 bits per heavy atom. The quantitative estimate of drug-likeness (QED) is 0.0116. The van der Waals surface area contributed by atoms with Crippen molar-refractivity contribution in [3.8, 4) is 5.75 Å². The van der Waals surface area contributed by atoms with Crippen molar-refractivity contribution in [1.29, 1.82) is 16.2 Å². The van der Waals surface area contributed by atoms with Gasteiger partial charge in [0.1, 0.15) is 60.1 Å². The molecule has 0 spiro atoms. The number of aliphatic carboxylic acids is 1. The monoisotopic (exact) mass is 1390 g/mol. The van der Waals surface area contributed by atoms with Gasteiger partial charge in [-0.05, 0) is 77.8 Å². The minimum absolute atomic E-state index is 0.0413. The number of H-pyrrole nitrogens is 2. The molecule has 23 N–H and O–H groups in total. The van der Waals surface area contributed by atoms with Gasteiger partial charge in [0.25, 0.3) is 0 Å². The lowest BCUT2D eigenvalue weighted by Gasteiger charge is -2.20. The van der Waals surface area contributed by atoms with Crippen LogP contribution in [0.1, 0.15) is 67.8 Å². The molecular formula is C64H81N19O13S2. The molecule has 9 unspecified atom stereocenters. The number of nitrogens with two attached hydrogens (primary N) is 2. The van der Waals surface area contributed by atoms with Crippen LogP contribution >= 0.6 is 21.6 Å². The minimum Gasteiger partial charge on any atom is -0.508 e. The Bertz CT molecular complexity index is 3990. The number of nitrogens with one attached hydrogen (secondary N) is 7. The van der Waals surface area contributed by atoms with Crippen LogP contribution < -0.4 is 22.1 Å². The molecule has 0 saturated carbocycles. The normalized spacial score (nSPS) is 20.7. The van der Waals surface area contributed by atoms with E-state index in [0.29, 0.717) is 33.3 Å². The summed E-state index contributed by atoms with van der Waals surface area (Å²) in [5.41, 5.74) is 13.9. The van der Waals surface area contributed by atoms with Crippen LogP contribution in [-0.2, 0) is 30.5 Å². The second-order valence-electron chi connectivity index (χ2n) is 22.7. The Labute approximate surface area is 569 Å². The van der Waals surface area contributed by atoms with Crippen molar-refractivity contribution in [1.82, 2.24) is 25.6 Å². The van der Waals surface area contributed by atoms with Gasteiger partial charge in [-0.25, -0.2) is 49.9 Å². The zero-order valence-electron chi connectivity index (χ0n) is 53.2. The molecule has 2 aromatic heterocycles. The van der Waals surface area contributed by atoms with E-state index in [1.807, 2.05) is 54.6 Å². The third kappa shape index (κ3) is 23.5. The maximum Gasteiger partial charge on any atom is 0.303 e. The van der Waals surface area contributed by atoms with Gasteiger partial charge in [-0.1, -0.05) is 94.4 Å². The zero-order chi connectivity index (χ0) is 70.8. The maximum absolute atomic E-state index is 12.4. The standard InChI is InChI=1S/C64H81N19O13S2/c1-34(84)75-47(25-35-15-18-41(85)19-16-35)58(92)76-45(13-7-23-72-64(68)69)56(90)83-52-32-98-97-31-51(54(65)88)82-60(94)49(27-39-29-73-43-11-5-4-10-42(39)43)80-55(89)44(12-6-22-71-63(66)67)77-59(93)48(26-36-14-17-37-8-2-3-9-38(37)24-36)79-61(95)50(28-40-30-70-33-74-40)81-57(91)46(78-62(52)96)20-21-53(86)87/h2-5,8-11,14-19,24,29-30,33,44-52,73,85H,6-7,12-13,20-23,25-28,31-32H2,1H3,(H2,65,88)(H,70,74)(H,75,84)(H,76,92)(H,77,93)(H,78,96)(H,79,95)(H,80,89)(H,81,91)(H,82,94)(H,83,90)(H,86,87)(H4,66,67,71)(H4,68,69,72). The first-order chi connectivity index (χ1) is 46.9. The van der Waals surface area contributed by atoms with Gasteiger partial charge in [-0.15, -0.1) is 0 Å². The molecule has 0 fully saturated rings. The highest BCUT2D eigenvalue weighted by molar-refractivity contribution is 8.76. The Hall–Kier alpha value is -10.9. The molecule has 0 aliphatic carbocycles. The number of aliphatic hydroxyl groups excluding tert-OH is 10. The van der Waals surface area contributed by atoms with E-state index in [-0.39, 0.29) is 93.6 Å². The largest absolute Gasteiger partial charge is 0.508 e. The number of guanidine groups is 2. The third-order valence-corrected chi connectivity index (χ3v) is 17.5. The molecule has 0 amide bonds. The van der Waals surface area contributed by atoms with E-state index in [4.69, 9.17) is 27.7 Å². The summed E-state index contributed by atoms with van der Waals surface area (Å²) in [6.45, 7) is 1.41. The molecule has 7 rings (SSSR count). The molecule has 34 heteroatoms. The van der Waals surface area contributed by atoms with Crippen LogP contribution in [0, 0.1) is 16.2 Å². The number of rotatable bonds is 25. The molecule has 522 valence electrons. The number of hydrogen-bond donors (Lipinski definition) is 21. The number of fused-ring (bicyclic) bond motifs is 2. The number of hydrogen-bond acceptors (Lipinski definition) is 17. The average molecular weight is 1390 g/mol. The van der Waals surface area contributed by atoms with E-state index in [2.05, 4.69) is 70.5 Å². The second kappa shape index (κ2) is 36.8. The number of imidazole rings is 1. The predicted octanol–water partition coefficient (Wildman–Crippen LogP) is 7.29. The van der Waals surface area contributed by atoms with Crippen LogP contribution in [0.3, 0.4) is 0 Å². The highest BCUT2D eigenvalue weighted by atomic mass is 33.1. The summed E-state index contributed by atoms with van der Waals surface area (Å²) in [6.07, 6.45) is 2.50. The molecule has 4 aromatic carbocycles. The van der Waals surface area contributed by atoms with Crippen molar-refractivity contribution in [3.63, 3.8) is 0 Å². The zero-order valence-corrected chi connectivity index (χ0v) is 54.8. The van der Waals surface area contributed by atoms with Crippen LogP contribution in [0.4, 0.5) is 0 Å². The van der Waals surface area contributed by atoms with Crippen molar-refractivity contribution < 1.29 is 66.1 Å². The molecule has 98 heavy (non-hydrogen) atoms. The molecule has 3 heterocycles. The van der Waals surface area contributed by atoms with E-state index in [1.54, 1.807) is 30.5 Å². The van der Waals surface area contributed by atoms with Crippen molar-refractivity contribution in [2.24, 2.45) is 56.4 Å². The van der Waals surface area contributed by atoms with Crippen molar-refractivity contribution in [2.45, 2.75) is 126 Å². The fourth-order valence-electron chi connectivity index (χ4n) is 10.2. The summed E-state index contributed by atoms with van der Waals surface area (Å²) >= 11 is 0. The van der Waals surface area contributed by atoms with Gasteiger partial charge in [0.15, 0.2) is 17.8 Å². The lowest BCUT2D eigenvalue weighted by atomic mass is 10.0. The number of nitrogens with zero attached hydrogens (tertiary/aromatic N) is 10. The smallest absolute Gasteiger partial charge is 0.303 e. The molecule has 0 saturated heterocycles. The Morgan fingerprint density at radius 2 is 1.20 bits per heavy atom. The summed E-state index contributed by atoms with van der Waals surface area (Å²) in [4.78, 5) is 62.3. The van der Waals surface area contributed by atoms with Crippen molar-refractivity contribution in [2.75, 3.05) is 24.6 Å². The number of aromatic hydroxyl groups is 1. The highest BCUT2D eigenvalue weighted by Crippen LogP contribution is 2.28. The molecule has 0 bridgehead atoms. The van der Waals surface area contributed by atoms with Crippen LogP contribution in [0.2, 0.25) is 0 Å². The number of carboxylic acid groups (broad SMARTS) is 1. The summed E-state index contributed by atoms with van der Waals surface area (Å²) in [5, 5.41) is 170. The van der Waals surface area contributed by atoms with Gasteiger partial charge in [-0.2, -0.15) is 0 Å². The first-order valence-corrected chi connectivity index (χ1v) is 33.4. The Balaban J connectivity index is 1.42. The molecule has 0 radical (unpaired) electrons. The number of carbonyl (C=O) groups is 1. The molecule has 9 atom stereocenters. The maximum atomic E-state index is 12.4. The van der Waals surface area contributed by atoms with E-state index in [0.717, 1.165) is 32.4 Å². The SMILES string of the molecule is CC(O)=NC(Cc1ccc(O)cc1)C(O)=NC(CCCNC(=N)N)C(O)=NC1CSSCC(C(=N)O)N=C(O)C(Cc2c[nH]c3ccccc23)N=C(O)C(CCCNC(=N)N)N=C(O)C(Cc2ccc3ccccc3c2)N=C(O)C(Cc2cnc[nH]2)N=C(O)C(CCC(=O)O)N=C1O. The lowest BCUT2D eigenvalue weighted by molar-refractivity contribution is -0.137. The average Bonchev–Trinajstić information content (AvgIpc) is 1.49. The predicted molar refractivity (Wildman–Crippen MR) is 385 cm³/mol. The third-order valence-electron chi connectivity index (χ3n) is 15.1. The summed E-state index contributed by atoms with van der Waals surface area (Å²) in [7, 11) is 1.84. The van der Waals surface area contributed by atoms with E-state index in [9.17, 15) is 66.1 Å². The number of para-hydroxylation sites is 1. The number of aromatic nitrogens is 3. The number of aliphatic imine (C=N–C) groups is 9. The molecule has 1 aliphatic rings. The van der Waals surface area contributed by atoms with Gasteiger partial charge in [-0.3, -0.25) is 21.0 Å². The number of aliphatic hydroxyl groups is 10. The van der Waals surface area contributed by atoms with Gasteiger partial charge in [0, 0.05) is 92.6 Å². The van der Waals surface area contributed by atoms with E-state index < -0.39 is 132 Å². The van der Waals surface area contributed by atoms with Gasteiger partial charge >= 0.3 is 5.97 Å². The number of phenols is 1. The lowest BCUT2D eigenvalue weighted by Crippen LogP contribution is -2.34. The number of aromatic amines is 2. The van der Waals surface area contributed by atoms with E-state index >= 15 is 0 Å². The molecule has 1 aliphatic heterocycles. The topological polar surface area (TPSA) is 563 Å². The van der Waals surface area contributed by atoms with Crippen molar-refractivity contribution >= 4 is 120 Å². The highest BCUT2D eigenvalue weighted by Gasteiger charge is 2.31. The molecule has 6 aromatic rings. The fraction of sp³-hybridized carbons (Fsp3) is 0.375. The van der Waals surface area contributed by atoms with Crippen LogP contribution in [0.25, 0.3) is 21.7 Å². The second-order valence-corrected chi connectivity index (χ2v) is 25.2.